The van der Waals surface area contributed by atoms with Gasteiger partial charge in [0.25, 0.3) is 0 Å². The minimum Gasteiger partial charge on any atom is -0.444 e. The summed E-state index contributed by atoms with van der Waals surface area (Å²) >= 11 is 3.58. The maximum atomic E-state index is 12.4. The van der Waals surface area contributed by atoms with Crippen molar-refractivity contribution in [3.63, 3.8) is 0 Å². The van der Waals surface area contributed by atoms with Crippen LogP contribution in [0.1, 0.15) is 46.5 Å². The Morgan fingerprint density at radius 3 is 2.70 bits per heavy atom. The van der Waals surface area contributed by atoms with Crippen molar-refractivity contribution in [3.05, 3.63) is 0 Å². The predicted molar refractivity (Wildman–Crippen MR) is 82.2 cm³/mol. The van der Waals surface area contributed by atoms with E-state index in [0.29, 0.717) is 5.92 Å². The fourth-order valence-electron chi connectivity index (χ4n) is 3.02. The Bertz CT molecular complexity index is 337. The number of hydrogen-bond acceptors (Lipinski definition) is 3. The number of carbonyl (C=O) groups excluding carboxylic acids is 1. The Balaban J connectivity index is 2.05. The van der Waals surface area contributed by atoms with Crippen LogP contribution in [0.5, 0.6) is 0 Å². The number of alkyl halides is 1. The molecule has 2 saturated heterocycles. The molecular formula is C15H26BrNO3. The molecule has 2 fully saturated rings. The van der Waals surface area contributed by atoms with Crippen LogP contribution < -0.4 is 0 Å². The normalized spacial score (nSPS) is 31.4. The summed E-state index contributed by atoms with van der Waals surface area (Å²) in [6.07, 6.45) is 4.19. The summed E-state index contributed by atoms with van der Waals surface area (Å²) in [6.45, 7) is 7.34. The molecule has 2 aliphatic heterocycles. The highest BCUT2D eigenvalue weighted by molar-refractivity contribution is 9.09. The number of ether oxygens (including phenoxy) is 2. The van der Waals surface area contributed by atoms with E-state index in [9.17, 15) is 4.79 Å². The van der Waals surface area contributed by atoms with Gasteiger partial charge < -0.3 is 14.4 Å². The fraction of sp³-hybridized carbons (Fsp3) is 0.933. The van der Waals surface area contributed by atoms with Crippen LogP contribution in [0.25, 0.3) is 0 Å². The van der Waals surface area contributed by atoms with Crippen molar-refractivity contribution < 1.29 is 14.3 Å². The lowest BCUT2D eigenvalue weighted by Crippen LogP contribution is -2.53. The van der Waals surface area contributed by atoms with E-state index in [0.717, 1.165) is 44.2 Å². The topological polar surface area (TPSA) is 38.8 Å². The van der Waals surface area contributed by atoms with E-state index in [1.807, 2.05) is 25.7 Å². The SMILES string of the molecule is CC(C)(C)OC(=O)N1CCC(CBr)CC1C1CCCO1. The molecule has 0 saturated carbocycles. The molecule has 0 bridgehead atoms. The average molecular weight is 348 g/mol. The maximum Gasteiger partial charge on any atom is 0.410 e. The molecular weight excluding hydrogens is 322 g/mol. The Morgan fingerprint density at radius 1 is 1.40 bits per heavy atom. The molecule has 0 radical (unpaired) electrons. The summed E-state index contributed by atoms with van der Waals surface area (Å²) < 4.78 is 11.4. The summed E-state index contributed by atoms with van der Waals surface area (Å²) in [5.74, 6) is 0.628. The highest BCUT2D eigenvalue weighted by Crippen LogP contribution is 2.32. The monoisotopic (exact) mass is 347 g/mol. The van der Waals surface area contributed by atoms with E-state index in [-0.39, 0.29) is 18.2 Å². The van der Waals surface area contributed by atoms with Gasteiger partial charge in [-0.05, 0) is 52.4 Å². The second-order valence-electron chi connectivity index (χ2n) is 6.84. The zero-order chi connectivity index (χ0) is 14.8. The molecule has 0 aromatic carbocycles. The molecule has 2 rings (SSSR count). The first-order chi connectivity index (χ1) is 9.40. The van der Waals surface area contributed by atoms with Crippen molar-refractivity contribution in [2.45, 2.75) is 64.2 Å². The lowest BCUT2D eigenvalue weighted by molar-refractivity contribution is -0.0295. The van der Waals surface area contributed by atoms with Crippen LogP contribution in [0.2, 0.25) is 0 Å². The molecule has 0 aromatic rings. The quantitative estimate of drug-likeness (QED) is 0.716. The molecule has 3 atom stereocenters. The standard InChI is InChI=1S/C15H26BrNO3/c1-15(2,3)20-14(18)17-7-6-11(10-16)9-12(17)13-5-4-8-19-13/h11-13H,4-10H2,1-3H3. The van der Waals surface area contributed by atoms with Gasteiger partial charge in [-0.15, -0.1) is 0 Å². The van der Waals surface area contributed by atoms with Gasteiger partial charge in [0, 0.05) is 18.5 Å². The average Bonchev–Trinajstić information content (AvgIpc) is 2.89. The number of rotatable bonds is 2. The number of piperidine rings is 1. The molecule has 3 unspecified atom stereocenters. The minimum atomic E-state index is -0.440. The van der Waals surface area contributed by atoms with E-state index in [1.165, 1.54) is 0 Å². The second kappa shape index (κ2) is 6.65. The molecule has 1 amide bonds. The van der Waals surface area contributed by atoms with E-state index in [4.69, 9.17) is 9.47 Å². The molecule has 0 N–H and O–H groups in total. The number of likely N-dealkylation sites (tertiary alicyclic amines) is 1. The van der Waals surface area contributed by atoms with Gasteiger partial charge in [-0.25, -0.2) is 4.79 Å². The summed E-state index contributed by atoms with van der Waals surface area (Å²) in [6, 6.07) is 0.170. The first kappa shape index (κ1) is 16.1. The molecule has 2 aliphatic rings. The van der Waals surface area contributed by atoms with Gasteiger partial charge in [0.15, 0.2) is 0 Å². The largest absolute Gasteiger partial charge is 0.444 e. The minimum absolute atomic E-state index is 0.170. The van der Waals surface area contributed by atoms with Crippen molar-refractivity contribution in [1.82, 2.24) is 4.90 Å². The first-order valence-electron chi connectivity index (χ1n) is 7.58. The summed E-state index contributed by atoms with van der Waals surface area (Å²) in [7, 11) is 0. The predicted octanol–water partition coefficient (Wildman–Crippen LogP) is 3.58. The highest BCUT2D eigenvalue weighted by atomic mass is 79.9. The number of hydrogen-bond donors (Lipinski definition) is 0. The third-order valence-electron chi connectivity index (χ3n) is 3.99. The zero-order valence-corrected chi connectivity index (χ0v) is 14.3. The van der Waals surface area contributed by atoms with Crippen LogP contribution in [0.4, 0.5) is 4.79 Å². The van der Waals surface area contributed by atoms with E-state index in [2.05, 4.69) is 15.9 Å². The summed E-state index contributed by atoms with van der Waals surface area (Å²) in [5, 5.41) is 0.998. The van der Waals surface area contributed by atoms with Crippen molar-refractivity contribution in [3.8, 4) is 0 Å². The molecule has 116 valence electrons. The number of carbonyl (C=O) groups is 1. The molecule has 5 heteroatoms. The van der Waals surface area contributed by atoms with Gasteiger partial charge in [-0.1, -0.05) is 15.9 Å². The lowest BCUT2D eigenvalue weighted by atomic mass is 9.89. The Kier molecular flexibility index (Phi) is 5.35. The zero-order valence-electron chi connectivity index (χ0n) is 12.7. The van der Waals surface area contributed by atoms with Crippen LogP contribution in [0.15, 0.2) is 0 Å². The molecule has 4 nitrogen and oxygen atoms in total. The fourth-order valence-corrected chi connectivity index (χ4v) is 3.61. The van der Waals surface area contributed by atoms with E-state index in [1.54, 1.807) is 0 Å². The molecule has 0 spiro atoms. The Morgan fingerprint density at radius 2 is 2.15 bits per heavy atom. The van der Waals surface area contributed by atoms with Crippen LogP contribution in [0.3, 0.4) is 0 Å². The molecule has 0 aliphatic carbocycles. The highest BCUT2D eigenvalue weighted by Gasteiger charge is 2.39. The van der Waals surface area contributed by atoms with Crippen molar-refractivity contribution in [2.75, 3.05) is 18.5 Å². The van der Waals surface area contributed by atoms with E-state index < -0.39 is 5.60 Å². The molecule has 20 heavy (non-hydrogen) atoms. The first-order valence-corrected chi connectivity index (χ1v) is 8.70. The number of amides is 1. The van der Waals surface area contributed by atoms with Gasteiger partial charge in [0.2, 0.25) is 0 Å². The van der Waals surface area contributed by atoms with Crippen LogP contribution in [0, 0.1) is 5.92 Å². The number of halogens is 1. The van der Waals surface area contributed by atoms with Gasteiger partial charge >= 0.3 is 6.09 Å². The van der Waals surface area contributed by atoms with Crippen molar-refractivity contribution in [1.29, 1.82) is 0 Å². The maximum absolute atomic E-state index is 12.4. The van der Waals surface area contributed by atoms with Crippen LogP contribution in [-0.2, 0) is 9.47 Å². The van der Waals surface area contributed by atoms with Crippen molar-refractivity contribution in [2.24, 2.45) is 5.92 Å². The van der Waals surface area contributed by atoms with Gasteiger partial charge in [0.05, 0.1) is 12.1 Å². The smallest absolute Gasteiger partial charge is 0.410 e. The summed E-state index contributed by atoms with van der Waals surface area (Å²) in [4.78, 5) is 14.3. The Hall–Kier alpha value is -0.290. The lowest BCUT2D eigenvalue weighted by Gasteiger charge is -2.41. The molecule has 0 aromatic heterocycles. The third kappa shape index (κ3) is 4.10. The summed E-state index contributed by atoms with van der Waals surface area (Å²) in [5.41, 5.74) is -0.440. The van der Waals surface area contributed by atoms with Crippen LogP contribution in [-0.4, -0.2) is 47.2 Å². The number of nitrogens with zero attached hydrogens (tertiary/aromatic N) is 1. The van der Waals surface area contributed by atoms with Crippen LogP contribution >= 0.6 is 15.9 Å². The molecule has 2 heterocycles. The van der Waals surface area contributed by atoms with Gasteiger partial charge in [-0.3, -0.25) is 0 Å². The second-order valence-corrected chi connectivity index (χ2v) is 7.48. The third-order valence-corrected chi connectivity index (χ3v) is 4.91. The Labute approximate surface area is 130 Å². The van der Waals surface area contributed by atoms with Crippen molar-refractivity contribution >= 4 is 22.0 Å². The van der Waals surface area contributed by atoms with E-state index >= 15 is 0 Å². The van der Waals surface area contributed by atoms with Gasteiger partial charge in [0.1, 0.15) is 5.60 Å². The van der Waals surface area contributed by atoms with Gasteiger partial charge in [-0.2, -0.15) is 0 Å².